The lowest BCUT2D eigenvalue weighted by Crippen LogP contribution is -2.24. The van der Waals surface area contributed by atoms with E-state index in [2.05, 4.69) is 10.4 Å². The number of esters is 1. The Labute approximate surface area is 125 Å². The summed E-state index contributed by atoms with van der Waals surface area (Å²) in [5.74, 6) is -0.248. The van der Waals surface area contributed by atoms with Crippen LogP contribution in [0.15, 0.2) is 18.5 Å². The quantitative estimate of drug-likeness (QED) is 0.669. The molecule has 0 aliphatic rings. The highest BCUT2D eigenvalue weighted by Gasteiger charge is 2.10. The molecule has 0 aromatic carbocycles. The maximum Gasteiger partial charge on any atom is 0.306 e. The van der Waals surface area contributed by atoms with Crippen LogP contribution in [0.2, 0.25) is 0 Å². The van der Waals surface area contributed by atoms with E-state index in [9.17, 15) is 9.59 Å². The molecule has 1 aromatic heterocycles. The monoisotopic (exact) mass is 295 g/mol. The van der Waals surface area contributed by atoms with Gasteiger partial charge in [-0.25, -0.2) is 0 Å². The molecule has 0 spiro atoms. The molecular formula is C15H25N3O3. The number of ether oxygens (including phenoxy) is 1. The number of carbonyl (C=O) groups excluding carboxylic acids is 2. The molecule has 0 bridgehead atoms. The first-order valence-electron chi connectivity index (χ1n) is 7.55. The molecule has 1 rings (SSSR count). The van der Waals surface area contributed by atoms with E-state index in [4.69, 9.17) is 4.74 Å². The molecule has 0 fully saturated rings. The smallest absolute Gasteiger partial charge is 0.306 e. The SMILES string of the molecule is CCCNC(=O)CCCC(=O)O[C@H](C)CCn1cccn1. The molecule has 1 atom stereocenters. The second kappa shape index (κ2) is 9.96. The standard InChI is InChI=1S/C15H25N3O3/c1-3-9-16-14(19)6-4-7-15(20)21-13(2)8-12-18-11-5-10-17-18/h5,10-11,13H,3-4,6-9,12H2,1-2H3,(H,16,19)/t13-/m1/s1. The number of aryl methyl sites for hydroxylation is 1. The van der Waals surface area contributed by atoms with Crippen molar-refractivity contribution in [1.29, 1.82) is 0 Å². The lowest BCUT2D eigenvalue weighted by atomic mass is 10.2. The number of nitrogens with zero attached hydrogens (tertiary/aromatic N) is 2. The van der Waals surface area contributed by atoms with Crippen molar-refractivity contribution in [2.75, 3.05) is 6.54 Å². The van der Waals surface area contributed by atoms with E-state index in [1.54, 1.807) is 6.20 Å². The van der Waals surface area contributed by atoms with Crippen LogP contribution >= 0.6 is 0 Å². The molecular weight excluding hydrogens is 270 g/mol. The zero-order valence-corrected chi connectivity index (χ0v) is 12.9. The summed E-state index contributed by atoms with van der Waals surface area (Å²) in [5.41, 5.74) is 0. The zero-order valence-electron chi connectivity index (χ0n) is 12.9. The predicted octanol–water partition coefficient (Wildman–Crippen LogP) is 1.90. The number of rotatable bonds is 10. The molecule has 0 aliphatic heterocycles. The molecule has 118 valence electrons. The molecule has 0 aliphatic carbocycles. The maximum absolute atomic E-state index is 11.6. The molecule has 0 saturated carbocycles. The minimum Gasteiger partial charge on any atom is -0.463 e. The Hall–Kier alpha value is -1.85. The Balaban J connectivity index is 2.08. The van der Waals surface area contributed by atoms with Crippen LogP contribution < -0.4 is 5.32 Å². The summed E-state index contributed by atoms with van der Waals surface area (Å²) in [4.78, 5) is 23.0. The Bertz CT molecular complexity index is 418. The maximum atomic E-state index is 11.6. The van der Waals surface area contributed by atoms with Gasteiger partial charge in [0, 0.05) is 44.7 Å². The predicted molar refractivity (Wildman–Crippen MR) is 79.5 cm³/mol. The number of amides is 1. The van der Waals surface area contributed by atoms with Crippen LogP contribution in [0.3, 0.4) is 0 Å². The summed E-state index contributed by atoms with van der Waals surface area (Å²) < 4.78 is 7.11. The summed E-state index contributed by atoms with van der Waals surface area (Å²) in [6.45, 7) is 5.28. The van der Waals surface area contributed by atoms with Gasteiger partial charge in [0.1, 0.15) is 6.10 Å². The Morgan fingerprint density at radius 3 is 2.86 bits per heavy atom. The molecule has 0 radical (unpaired) electrons. The molecule has 0 saturated heterocycles. The van der Waals surface area contributed by atoms with Crippen molar-refractivity contribution >= 4 is 11.9 Å². The average molecular weight is 295 g/mol. The first-order valence-corrected chi connectivity index (χ1v) is 7.55. The van der Waals surface area contributed by atoms with Gasteiger partial charge in [0.15, 0.2) is 0 Å². The number of nitrogens with one attached hydrogen (secondary N) is 1. The lowest BCUT2D eigenvalue weighted by molar-refractivity contribution is -0.148. The van der Waals surface area contributed by atoms with E-state index in [-0.39, 0.29) is 24.4 Å². The Morgan fingerprint density at radius 2 is 2.19 bits per heavy atom. The van der Waals surface area contributed by atoms with Crippen molar-refractivity contribution < 1.29 is 14.3 Å². The molecule has 0 unspecified atom stereocenters. The zero-order chi connectivity index (χ0) is 15.5. The molecule has 1 aromatic rings. The van der Waals surface area contributed by atoms with E-state index in [1.165, 1.54) is 0 Å². The van der Waals surface area contributed by atoms with Gasteiger partial charge in [-0.2, -0.15) is 5.10 Å². The summed E-state index contributed by atoms with van der Waals surface area (Å²) in [6.07, 6.45) is 6.29. The summed E-state index contributed by atoms with van der Waals surface area (Å²) in [7, 11) is 0. The van der Waals surface area contributed by atoms with Crippen LogP contribution in [0.4, 0.5) is 0 Å². The fourth-order valence-electron chi connectivity index (χ4n) is 1.84. The van der Waals surface area contributed by atoms with Crippen LogP contribution in [0.25, 0.3) is 0 Å². The molecule has 1 N–H and O–H groups in total. The van der Waals surface area contributed by atoms with Crippen molar-refractivity contribution in [3.63, 3.8) is 0 Å². The fraction of sp³-hybridized carbons (Fsp3) is 0.667. The highest BCUT2D eigenvalue weighted by atomic mass is 16.5. The van der Waals surface area contributed by atoms with Crippen molar-refractivity contribution in [2.45, 2.75) is 58.6 Å². The van der Waals surface area contributed by atoms with Crippen LogP contribution in [-0.4, -0.2) is 34.3 Å². The van der Waals surface area contributed by atoms with Gasteiger partial charge >= 0.3 is 5.97 Å². The number of aromatic nitrogens is 2. The van der Waals surface area contributed by atoms with E-state index in [1.807, 2.05) is 30.8 Å². The van der Waals surface area contributed by atoms with E-state index >= 15 is 0 Å². The van der Waals surface area contributed by atoms with Crippen LogP contribution in [0, 0.1) is 0 Å². The van der Waals surface area contributed by atoms with Gasteiger partial charge in [0.05, 0.1) is 0 Å². The van der Waals surface area contributed by atoms with Gasteiger partial charge in [0.25, 0.3) is 0 Å². The lowest BCUT2D eigenvalue weighted by Gasteiger charge is -2.13. The average Bonchev–Trinajstić information content (AvgIpc) is 2.96. The van der Waals surface area contributed by atoms with E-state index in [0.29, 0.717) is 19.4 Å². The molecule has 6 heteroatoms. The molecule has 21 heavy (non-hydrogen) atoms. The number of hydrogen-bond donors (Lipinski definition) is 1. The van der Waals surface area contributed by atoms with Crippen LogP contribution in [-0.2, 0) is 20.9 Å². The first-order chi connectivity index (χ1) is 10.1. The Morgan fingerprint density at radius 1 is 1.38 bits per heavy atom. The number of hydrogen-bond acceptors (Lipinski definition) is 4. The van der Waals surface area contributed by atoms with E-state index in [0.717, 1.165) is 19.4 Å². The van der Waals surface area contributed by atoms with Gasteiger partial charge in [-0.15, -0.1) is 0 Å². The fourth-order valence-corrected chi connectivity index (χ4v) is 1.84. The normalized spacial score (nSPS) is 11.9. The second-order valence-electron chi connectivity index (χ2n) is 5.06. The third-order valence-corrected chi connectivity index (χ3v) is 3.01. The van der Waals surface area contributed by atoms with Gasteiger partial charge in [-0.05, 0) is 25.8 Å². The molecule has 6 nitrogen and oxygen atoms in total. The largest absolute Gasteiger partial charge is 0.463 e. The van der Waals surface area contributed by atoms with Gasteiger partial charge < -0.3 is 10.1 Å². The van der Waals surface area contributed by atoms with Gasteiger partial charge in [-0.1, -0.05) is 6.92 Å². The highest BCUT2D eigenvalue weighted by Crippen LogP contribution is 2.05. The third kappa shape index (κ3) is 8.12. The van der Waals surface area contributed by atoms with Crippen molar-refractivity contribution in [3.8, 4) is 0 Å². The molecule has 1 heterocycles. The van der Waals surface area contributed by atoms with E-state index < -0.39 is 0 Å². The summed E-state index contributed by atoms with van der Waals surface area (Å²) in [5, 5.41) is 6.87. The van der Waals surface area contributed by atoms with Gasteiger partial charge in [0.2, 0.25) is 5.91 Å². The first kappa shape index (κ1) is 17.2. The summed E-state index contributed by atoms with van der Waals surface area (Å²) >= 11 is 0. The molecule has 1 amide bonds. The van der Waals surface area contributed by atoms with Crippen LogP contribution in [0.1, 0.15) is 46.0 Å². The van der Waals surface area contributed by atoms with Gasteiger partial charge in [-0.3, -0.25) is 14.3 Å². The van der Waals surface area contributed by atoms with Crippen molar-refractivity contribution in [1.82, 2.24) is 15.1 Å². The van der Waals surface area contributed by atoms with Crippen LogP contribution in [0.5, 0.6) is 0 Å². The Kier molecular flexibility index (Phi) is 8.16. The van der Waals surface area contributed by atoms with Crippen molar-refractivity contribution in [2.24, 2.45) is 0 Å². The minimum absolute atomic E-state index is 0.00335. The van der Waals surface area contributed by atoms with Crippen molar-refractivity contribution in [3.05, 3.63) is 18.5 Å². The number of carbonyl (C=O) groups is 2. The topological polar surface area (TPSA) is 73.2 Å². The summed E-state index contributed by atoms with van der Waals surface area (Å²) in [6, 6.07) is 1.86. The second-order valence-corrected chi connectivity index (χ2v) is 5.06. The minimum atomic E-state index is -0.244. The third-order valence-electron chi connectivity index (χ3n) is 3.01. The highest BCUT2D eigenvalue weighted by molar-refractivity contribution is 5.76.